The molecule has 0 radical (unpaired) electrons. The molecule has 2 aromatic carbocycles. The fourth-order valence-electron chi connectivity index (χ4n) is 4.49. The molecule has 0 unspecified atom stereocenters. The van der Waals surface area contributed by atoms with E-state index in [-0.39, 0.29) is 13.1 Å². The van der Waals surface area contributed by atoms with Crippen LogP contribution >= 0.6 is 0 Å². The highest BCUT2D eigenvalue weighted by Crippen LogP contribution is 2.32. The van der Waals surface area contributed by atoms with Gasteiger partial charge in [0.2, 0.25) is 5.91 Å². The molecule has 36 heavy (non-hydrogen) atoms. The Labute approximate surface area is 206 Å². The van der Waals surface area contributed by atoms with Crippen molar-refractivity contribution in [3.8, 4) is 11.5 Å². The number of ether oxygens (including phenoxy) is 2. The van der Waals surface area contributed by atoms with E-state index in [1.807, 2.05) is 37.3 Å². The number of carbonyl (C=O) groups is 1. The van der Waals surface area contributed by atoms with Crippen LogP contribution in [0.5, 0.6) is 11.5 Å². The number of aryl methyl sites for hydroxylation is 3. The molecule has 10 heteroatoms. The standard InChI is InChI=1S/C26H27N5O5/c1-3-31-24-23(17(2)28-31)30(26(34)29(25(24)33)12-11-18-7-5-4-6-8-18)16-22(32)27-19-9-10-20-21(15-19)36-14-13-35-20/h4-10,15H,3,11-14,16H2,1-2H3,(H,27,32). The number of benzene rings is 2. The monoisotopic (exact) mass is 489 g/mol. The normalized spacial score (nSPS) is 12.6. The number of hydrogen-bond acceptors (Lipinski definition) is 6. The van der Waals surface area contributed by atoms with E-state index >= 15 is 0 Å². The van der Waals surface area contributed by atoms with Crippen LogP contribution in [0.3, 0.4) is 0 Å². The molecule has 10 nitrogen and oxygen atoms in total. The SMILES string of the molecule is CCn1nc(C)c2c1c(=O)n(CCc1ccccc1)c(=O)n2CC(=O)Nc1ccc2c(c1)OCCO2. The maximum Gasteiger partial charge on any atom is 0.332 e. The Kier molecular flexibility index (Phi) is 6.32. The highest BCUT2D eigenvalue weighted by molar-refractivity contribution is 5.92. The number of rotatable bonds is 7. The first kappa shape index (κ1) is 23.4. The fourth-order valence-corrected chi connectivity index (χ4v) is 4.49. The quantitative estimate of drug-likeness (QED) is 0.427. The van der Waals surface area contributed by atoms with Gasteiger partial charge in [0.25, 0.3) is 5.56 Å². The van der Waals surface area contributed by atoms with Crippen LogP contribution in [-0.4, -0.2) is 38.0 Å². The van der Waals surface area contributed by atoms with Gasteiger partial charge in [-0.1, -0.05) is 30.3 Å². The summed E-state index contributed by atoms with van der Waals surface area (Å²) in [6.45, 7) is 4.90. The second-order valence-electron chi connectivity index (χ2n) is 8.57. The van der Waals surface area contributed by atoms with Gasteiger partial charge in [0.1, 0.15) is 25.3 Å². The van der Waals surface area contributed by atoms with Crippen molar-refractivity contribution in [2.75, 3.05) is 18.5 Å². The van der Waals surface area contributed by atoms with E-state index in [2.05, 4.69) is 10.4 Å². The van der Waals surface area contributed by atoms with Crippen LogP contribution in [-0.2, 0) is 30.8 Å². The van der Waals surface area contributed by atoms with E-state index < -0.39 is 17.2 Å². The van der Waals surface area contributed by atoms with Crippen LogP contribution in [0.4, 0.5) is 5.69 Å². The van der Waals surface area contributed by atoms with Crippen molar-refractivity contribution in [2.24, 2.45) is 0 Å². The van der Waals surface area contributed by atoms with E-state index in [1.54, 1.807) is 29.8 Å². The third-order valence-corrected chi connectivity index (χ3v) is 6.17. The molecule has 2 aromatic heterocycles. The molecule has 186 valence electrons. The van der Waals surface area contributed by atoms with Gasteiger partial charge in [-0.25, -0.2) is 4.79 Å². The first-order valence-electron chi connectivity index (χ1n) is 11.9. The molecule has 4 aromatic rings. The van der Waals surface area contributed by atoms with Gasteiger partial charge in [-0.05, 0) is 38.0 Å². The molecular weight excluding hydrogens is 462 g/mol. The number of amides is 1. The molecule has 0 fully saturated rings. The second-order valence-corrected chi connectivity index (χ2v) is 8.57. The van der Waals surface area contributed by atoms with Crippen LogP contribution in [0.25, 0.3) is 11.0 Å². The van der Waals surface area contributed by atoms with Crippen LogP contribution in [0.2, 0.25) is 0 Å². The molecule has 0 atom stereocenters. The molecule has 0 saturated carbocycles. The minimum Gasteiger partial charge on any atom is -0.486 e. The Morgan fingerprint density at radius 2 is 1.75 bits per heavy atom. The highest BCUT2D eigenvalue weighted by Gasteiger charge is 2.22. The Morgan fingerprint density at radius 3 is 2.50 bits per heavy atom. The fraction of sp³-hybridized carbons (Fsp3) is 0.308. The second kappa shape index (κ2) is 9.73. The van der Waals surface area contributed by atoms with Gasteiger partial charge >= 0.3 is 5.69 Å². The zero-order valence-corrected chi connectivity index (χ0v) is 20.2. The summed E-state index contributed by atoms with van der Waals surface area (Å²) >= 11 is 0. The summed E-state index contributed by atoms with van der Waals surface area (Å²) in [5, 5.41) is 7.27. The van der Waals surface area contributed by atoms with Crippen molar-refractivity contribution in [1.82, 2.24) is 18.9 Å². The lowest BCUT2D eigenvalue weighted by Gasteiger charge is -2.19. The van der Waals surface area contributed by atoms with Crippen molar-refractivity contribution in [1.29, 1.82) is 0 Å². The summed E-state index contributed by atoms with van der Waals surface area (Å²) < 4.78 is 15.2. The first-order valence-corrected chi connectivity index (χ1v) is 11.9. The van der Waals surface area contributed by atoms with Crippen molar-refractivity contribution >= 4 is 22.6 Å². The third-order valence-electron chi connectivity index (χ3n) is 6.17. The van der Waals surface area contributed by atoms with Crippen molar-refractivity contribution < 1.29 is 14.3 Å². The third kappa shape index (κ3) is 4.37. The van der Waals surface area contributed by atoms with Crippen LogP contribution in [0.15, 0.2) is 58.1 Å². The zero-order chi connectivity index (χ0) is 25.2. The van der Waals surface area contributed by atoms with Gasteiger partial charge in [0.15, 0.2) is 17.0 Å². The summed E-state index contributed by atoms with van der Waals surface area (Å²) in [5.41, 5.74) is 1.79. The van der Waals surface area contributed by atoms with Crippen molar-refractivity contribution in [2.45, 2.75) is 39.9 Å². The van der Waals surface area contributed by atoms with Crippen molar-refractivity contribution in [3.05, 3.63) is 80.6 Å². The summed E-state index contributed by atoms with van der Waals surface area (Å²) in [4.78, 5) is 40.0. The molecule has 5 rings (SSSR count). The zero-order valence-electron chi connectivity index (χ0n) is 20.2. The predicted octanol–water partition coefficient (Wildman–Crippen LogP) is 2.34. The topological polar surface area (TPSA) is 109 Å². The molecule has 0 aliphatic carbocycles. The van der Waals surface area contributed by atoms with Gasteiger partial charge in [0, 0.05) is 24.8 Å². The molecule has 1 aliphatic heterocycles. The van der Waals surface area contributed by atoms with Crippen molar-refractivity contribution in [3.63, 3.8) is 0 Å². The largest absolute Gasteiger partial charge is 0.486 e. The minimum absolute atomic E-state index is 0.190. The van der Waals surface area contributed by atoms with E-state index in [4.69, 9.17) is 9.47 Å². The average Bonchev–Trinajstić information content (AvgIpc) is 3.23. The van der Waals surface area contributed by atoms with E-state index in [1.165, 1.54) is 9.13 Å². The minimum atomic E-state index is -0.542. The summed E-state index contributed by atoms with van der Waals surface area (Å²) in [6.07, 6.45) is 0.504. The Bertz CT molecular complexity index is 1550. The van der Waals surface area contributed by atoms with Gasteiger partial charge in [-0.15, -0.1) is 0 Å². The summed E-state index contributed by atoms with van der Waals surface area (Å²) in [5.74, 6) is 0.755. The number of fused-ring (bicyclic) bond motifs is 2. The molecule has 3 heterocycles. The number of anilines is 1. The van der Waals surface area contributed by atoms with E-state index in [0.29, 0.717) is 60.1 Å². The lowest BCUT2D eigenvalue weighted by Crippen LogP contribution is -2.42. The number of aromatic nitrogens is 4. The molecule has 1 aliphatic rings. The molecule has 1 N–H and O–H groups in total. The Morgan fingerprint density at radius 1 is 1.00 bits per heavy atom. The van der Waals surface area contributed by atoms with Gasteiger partial charge in [0.05, 0.1) is 5.69 Å². The number of nitrogens with zero attached hydrogens (tertiary/aromatic N) is 4. The number of hydrogen-bond donors (Lipinski definition) is 1. The summed E-state index contributed by atoms with van der Waals surface area (Å²) in [6, 6.07) is 14.8. The lowest BCUT2D eigenvalue weighted by atomic mass is 10.1. The van der Waals surface area contributed by atoms with Crippen LogP contribution in [0.1, 0.15) is 18.2 Å². The van der Waals surface area contributed by atoms with E-state index in [0.717, 1.165) is 5.56 Å². The van der Waals surface area contributed by atoms with E-state index in [9.17, 15) is 14.4 Å². The molecule has 0 bridgehead atoms. The van der Waals surface area contributed by atoms with Gasteiger partial charge < -0.3 is 14.8 Å². The molecule has 0 saturated heterocycles. The highest BCUT2D eigenvalue weighted by atomic mass is 16.6. The Hall–Kier alpha value is -4.34. The van der Waals surface area contributed by atoms with Gasteiger partial charge in [-0.2, -0.15) is 5.10 Å². The Balaban J connectivity index is 1.50. The number of nitrogens with one attached hydrogen (secondary N) is 1. The molecular formula is C26H27N5O5. The lowest BCUT2D eigenvalue weighted by molar-refractivity contribution is -0.116. The van der Waals surface area contributed by atoms with Gasteiger partial charge in [-0.3, -0.25) is 23.4 Å². The first-order chi connectivity index (χ1) is 17.5. The molecule has 1 amide bonds. The maximum absolute atomic E-state index is 13.5. The van der Waals surface area contributed by atoms with Crippen LogP contribution in [0, 0.1) is 6.92 Å². The number of carbonyl (C=O) groups excluding carboxylic acids is 1. The predicted molar refractivity (Wildman–Crippen MR) is 135 cm³/mol. The maximum atomic E-state index is 13.5. The average molecular weight is 490 g/mol. The van der Waals surface area contributed by atoms with Crippen LogP contribution < -0.4 is 26.0 Å². The smallest absolute Gasteiger partial charge is 0.332 e. The summed E-state index contributed by atoms with van der Waals surface area (Å²) in [7, 11) is 0. The molecule has 0 spiro atoms.